The van der Waals surface area contributed by atoms with Gasteiger partial charge in [-0.3, -0.25) is 0 Å². The molecular formula is C15H24N4. The first-order chi connectivity index (χ1) is 9.36. The molecule has 1 aliphatic heterocycles. The van der Waals surface area contributed by atoms with Gasteiger partial charge in [0.2, 0.25) is 0 Å². The van der Waals surface area contributed by atoms with E-state index in [0.717, 1.165) is 24.9 Å². The quantitative estimate of drug-likeness (QED) is 0.908. The molecule has 2 aliphatic carbocycles. The van der Waals surface area contributed by atoms with Crippen LogP contribution in [0.5, 0.6) is 0 Å². The predicted molar refractivity (Wildman–Crippen MR) is 73.9 cm³/mol. The lowest BCUT2D eigenvalue weighted by Crippen LogP contribution is -2.34. The van der Waals surface area contributed by atoms with Gasteiger partial charge in [-0.15, -0.1) is 10.2 Å². The molecule has 104 valence electrons. The summed E-state index contributed by atoms with van der Waals surface area (Å²) in [4.78, 5) is 0. The van der Waals surface area contributed by atoms with Crippen LogP contribution in [-0.4, -0.2) is 21.3 Å². The Hall–Kier alpha value is -0.900. The topological polar surface area (TPSA) is 42.7 Å². The highest BCUT2D eigenvalue weighted by molar-refractivity contribution is 5.13. The second kappa shape index (κ2) is 4.58. The molecule has 2 heterocycles. The van der Waals surface area contributed by atoms with Gasteiger partial charge in [-0.05, 0) is 37.5 Å². The van der Waals surface area contributed by atoms with E-state index in [-0.39, 0.29) is 0 Å². The van der Waals surface area contributed by atoms with Gasteiger partial charge in [-0.25, -0.2) is 0 Å². The maximum atomic E-state index is 4.60. The number of aromatic nitrogens is 3. The van der Waals surface area contributed by atoms with Gasteiger partial charge in [-0.2, -0.15) is 0 Å². The smallest absolute Gasteiger partial charge is 0.150 e. The molecule has 2 saturated carbocycles. The molecule has 2 fully saturated rings. The van der Waals surface area contributed by atoms with Gasteiger partial charge in [0.25, 0.3) is 0 Å². The molecular weight excluding hydrogens is 236 g/mol. The molecule has 4 atom stereocenters. The summed E-state index contributed by atoms with van der Waals surface area (Å²) in [6.07, 6.45) is 8.08. The van der Waals surface area contributed by atoms with Crippen molar-refractivity contribution in [2.24, 2.45) is 11.8 Å². The van der Waals surface area contributed by atoms with Crippen LogP contribution in [0.1, 0.15) is 69.1 Å². The van der Waals surface area contributed by atoms with E-state index in [1.807, 2.05) is 0 Å². The molecule has 4 nitrogen and oxygen atoms in total. The van der Waals surface area contributed by atoms with Gasteiger partial charge in [-0.1, -0.05) is 19.8 Å². The normalized spacial score (nSPS) is 36.7. The van der Waals surface area contributed by atoms with Crippen LogP contribution in [0.3, 0.4) is 0 Å². The summed E-state index contributed by atoms with van der Waals surface area (Å²) in [5.41, 5.74) is 0. The Morgan fingerprint density at radius 2 is 2.11 bits per heavy atom. The second-order valence-corrected chi connectivity index (χ2v) is 6.64. The molecule has 0 aromatic carbocycles. The maximum absolute atomic E-state index is 4.60. The third kappa shape index (κ3) is 1.83. The van der Waals surface area contributed by atoms with Crippen molar-refractivity contribution < 1.29 is 0 Å². The van der Waals surface area contributed by atoms with Crippen LogP contribution in [0.25, 0.3) is 0 Å². The van der Waals surface area contributed by atoms with Gasteiger partial charge < -0.3 is 9.88 Å². The van der Waals surface area contributed by atoms with Crippen molar-refractivity contribution in [3.8, 4) is 0 Å². The maximum Gasteiger partial charge on any atom is 0.150 e. The molecule has 1 aromatic rings. The molecule has 0 spiro atoms. The van der Waals surface area contributed by atoms with E-state index in [4.69, 9.17) is 0 Å². The highest BCUT2D eigenvalue weighted by Gasteiger charge is 2.43. The zero-order chi connectivity index (χ0) is 12.8. The van der Waals surface area contributed by atoms with Crippen molar-refractivity contribution >= 4 is 0 Å². The number of fused-ring (bicyclic) bond motifs is 3. The summed E-state index contributed by atoms with van der Waals surface area (Å²) >= 11 is 0. The minimum Gasteiger partial charge on any atom is -0.312 e. The summed E-state index contributed by atoms with van der Waals surface area (Å²) < 4.78 is 2.45. The van der Waals surface area contributed by atoms with Gasteiger partial charge in [0.05, 0.1) is 6.04 Å². The van der Waals surface area contributed by atoms with Crippen LogP contribution >= 0.6 is 0 Å². The number of nitrogens with one attached hydrogen (secondary N) is 1. The van der Waals surface area contributed by atoms with Crippen molar-refractivity contribution in [2.75, 3.05) is 6.54 Å². The SMILES string of the molecule is CCCC1NCCn2c1nnc2C1CC2CCC1C2. The van der Waals surface area contributed by atoms with Gasteiger partial charge in [0, 0.05) is 19.0 Å². The molecule has 4 unspecified atom stereocenters. The van der Waals surface area contributed by atoms with Crippen molar-refractivity contribution in [3.63, 3.8) is 0 Å². The number of nitrogens with zero attached hydrogens (tertiary/aromatic N) is 3. The van der Waals surface area contributed by atoms with Gasteiger partial charge in [0.15, 0.2) is 0 Å². The lowest BCUT2D eigenvalue weighted by Gasteiger charge is -2.27. The van der Waals surface area contributed by atoms with E-state index in [2.05, 4.69) is 27.0 Å². The zero-order valence-corrected chi connectivity index (χ0v) is 11.8. The van der Waals surface area contributed by atoms with E-state index in [9.17, 15) is 0 Å². The molecule has 1 N–H and O–H groups in total. The first-order valence-electron chi connectivity index (χ1n) is 8.03. The summed E-state index contributed by atoms with van der Waals surface area (Å²) in [5, 5.41) is 12.7. The van der Waals surface area contributed by atoms with Gasteiger partial charge >= 0.3 is 0 Å². The Morgan fingerprint density at radius 1 is 1.21 bits per heavy atom. The van der Waals surface area contributed by atoms with Crippen molar-refractivity contribution in [1.82, 2.24) is 20.1 Å². The molecule has 0 saturated heterocycles. The Balaban J connectivity index is 1.64. The third-order valence-electron chi connectivity index (χ3n) is 5.49. The number of rotatable bonds is 3. The fourth-order valence-corrected chi connectivity index (χ4v) is 4.61. The largest absolute Gasteiger partial charge is 0.312 e. The van der Waals surface area contributed by atoms with Crippen LogP contribution in [0.4, 0.5) is 0 Å². The highest BCUT2D eigenvalue weighted by atomic mass is 15.3. The molecule has 19 heavy (non-hydrogen) atoms. The van der Waals surface area contributed by atoms with Crippen LogP contribution in [0.15, 0.2) is 0 Å². The second-order valence-electron chi connectivity index (χ2n) is 6.64. The summed E-state index contributed by atoms with van der Waals surface area (Å²) in [6.45, 7) is 4.38. The summed E-state index contributed by atoms with van der Waals surface area (Å²) in [6, 6.07) is 0.429. The fourth-order valence-electron chi connectivity index (χ4n) is 4.61. The van der Waals surface area contributed by atoms with Crippen molar-refractivity contribution in [3.05, 3.63) is 11.6 Å². The van der Waals surface area contributed by atoms with Crippen LogP contribution < -0.4 is 5.32 Å². The molecule has 0 radical (unpaired) electrons. The van der Waals surface area contributed by atoms with E-state index in [1.54, 1.807) is 0 Å². The Kier molecular flexibility index (Phi) is 2.87. The molecule has 0 amide bonds. The number of hydrogen-bond donors (Lipinski definition) is 1. The van der Waals surface area contributed by atoms with Gasteiger partial charge in [0.1, 0.15) is 11.6 Å². The van der Waals surface area contributed by atoms with E-state index >= 15 is 0 Å². The lowest BCUT2D eigenvalue weighted by atomic mass is 9.88. The molecule has 1 aromatic heterocycles. The predicted octanol–water partition coefficient (Wildman–Crippen LogP) is 2.63. The Bertz CT molecular complexity index is 467. The zero-order valence-electron chi connectivity index (χ0n) is 11.8. The molecule has 2 bridgehead atoms. The minimum atomic E-state index is 0.429. The first kappa shape index (κ1) is 11.9. The van der Waals surface area contributed by atoms with E-state index in [0.29, 0.717) is 12.0 Å². The minimum absolute atomic E-state index is 0.429. The monoisotopic (exact) mass is 260 g/mol. The van der Waals surface area contributed by atoms with Crippen molar-refractivity contribution in [2.45, 2.75) is 64.0 Å². The van der Waals surface area contributed by atoms with Crippen LogP contribution in [-0.2, 0) is 6.54 Å². The van der Waals surface area contributed by atoms with E-state index < -0.39 is 0 Å². The van der Waals surface area contributed by atoms with Crippen LogP contribution in [0.2, 0.25) is 0 Å². The lowest BCUT2D eigenvalue weighted by molar-refractivity contribution is 0.358. The Morgan fingerprint density at radius 3 is 2.84 bits per heavy atom. The number of hydrogen-bond acceptors (Lipinski definition) is 3. The third-order valence-corrected chi connectivity index (χ3v) is 5.49. The first-order valence-corrected chi connectivity index (χ1v) is 8.03. The average Bonchev–Trinajstić information content (AvgIpc) is 3.13. The van der Waals surface area contributed by atoms with Crippen molar-refractivity contribution in [1.29, 1.82) is 0 Å². The molecule has 4 heteroatoms. The molecule has 3 aliphatic rings. The Labute approximate surface area is 115 Å². The summed E-state index contributed by atoms with van der Waals surface area (Å²) in [7, 11) is 0. The summed E-state index contributed by atoms with van der Waals surface area (Å²) in [5.74, 6) is 5.10. The van der Waals surface area contributed by atoms with Crippen LogP contribution in [0, 0.1) is 11.8 Å². The molecule has 4 rings (SSSR count). The fraction of sp³-hybridized carbons (Fsp3) is 0.867. The average molecular weight is 260 g/mol. The standard InChI is InChI=1S/C15H24N4/c1-2-3-13-15-18-17-14(19(15)7-6-16-13)12-9-10-4-5-11(12)8-10/h10-13,16H,2-9H2,1H3. The van der Waals surface area contributed by atoms with E-state index in [1.165, 1.54) is 50.2 Å². The highest BCUT2D eigenvalue weighted by Crippen LogP contribution is 2.52.